The topological polar surface area (TPSA) is 0 Å². The van der Waals surface area contributed by atoms with Crippen molar-refractivity contribution in [3.63, 3.8) is 0 Å². The molecule has 0 aromatic heterocycles. The van der Waals surface area contributed by atoms with Gasteiger partial charge in [0, 0.05) is 44.8 Å². The van der Waals surface area contributed by atoms with E-state index < -0.39 is 31.7 Å². The van der Waals surface area contributed by atoms with Crippen LogP contribution in [0.5, 0.6) is 0 Å². The molecule has 0 fully saturated rings. The summed E-state index contributed by atoms with van der Waals surface area (Å²) in [5.41, 5.74) is 2.53. The van der Waals surface area contributed by atoms with Crippen LogP contribution in [0.15, 0.2) is 301 Å². The first-order chi connectivity index (χ1) is 35.4. The predicted octanol–water partition coefficient (Wildman–Crippen LogP) is 13.2. The van der Waals surface area contributed by atoms with Crippen molar-refractivity contribution in [3.8, 4) is 0 Å². The molecule has 10 aromatic carbocycles. The first-order valence-corrected chi connectivity index (χ1v) is 32.4. The minimum Gasteiger partial charge on any atom is -0.780 e. The van der Waals surface area contributed by atoms with Crippen molar-refractivity contribution in [2.24, 2.45) is 0 Å². The van der Waals surface area contributed by atoms with Crippen LogP contribution < -0.4 is 42.4 Å². The Kier molecular flexibility index (Phi) is 34.5. The Bertz CT molecular complexity index is 2420. The molecule has 0 spiro atoms. The molecule has 0 aliphatic carbocycles. The molecule has 2 radical (unpaired) electrons. The van der Waals surface area contributed by atoms with Crippen LogP contribution in [0.1, 0.15) is 11.1 Å². The monoisotopic (exact) mass is 1830 g/mol. The summed E-state index contributed by atoms with van der Waals surface area (Å²) in [6, 6.07) is 105. The van der Waals surface area contributed by atoms with Gasteiger partial charge >= 0.3 is 44.8 Å². The average molecular weight is 1840 g/mol. The third-order valence-electron chi connectivity index (χ3n) is 12.3. The third-order valence-corrected chi connectivity index (χ3v) is 25.1. The van der Waals surface area contributed by atoms with Gasteiger partial charge in [-0.1, -0.05) is 205 Å². The van der Waals surface area contributed by atoms with E-state index in [2.05, 4.69) is 257 Å². The zero-order valence-corrected chi connectivity index (χ0v) is 56.9. The van der Waals surface area contributed by atoms with E-state index >= 15 is 0 Å². The van der Waals surface area contributed by atoms with Crippen LogP contribution in [0.25, 0.3) is 0 Å². The van der Waals surface area contributed by atoms with Gasteiger partial charge in [-0.3, -0.25) is 0 Å². The van der Waals surface area contributed by atoms with Crippen LogP contribution in [0.3, 0.4) is 0 Å². The summed E-state index contributed by atoms with van der Waals surface area (Å²) in [4.78, 5) is 1.83. The number of hydrogen-bond donors (Lipinski definition) is 0. The summed E-state index contributed by atoms with van der Waals surface area (Å²) in [6.07, 6.45) is 5.04. The Morgan fingerprint density at radius 1 is 0.224 bits per heavy atom. The first kappa shape index (κ1) is 67.6. The normalized spacial score (nSPS) is 10.1. The molecule has 0 saturated heterocycles. The van der Waals surface area contributed by atoms with Gasteiger partial charge in [0.05, 0.1) is 74.1 Å². The molecule has 0 aliphatic rings. The maximum atomic E-state index is 4.87. The Labute approximate surface area is 533 Å². The average Bonchev–Trinajstić information content (AvgIpc) is 3.45. The second-order valence-corrected chi connectivity index (χ2v) is 28.9. The molecule has 0 unspecified atom stereocenters. The maximum Gasteiger partial charge on any atom is 1.00 e. The van der Waals surface area contributed by atoms with Gasteiger partial charge in [0.25, 0.3) is 0 Å². The van der Waals surface area contributed by atoms with Gasteiger partial charge < -0.3 is 25.3 Å². The van der Waals surface area contributed by atoms with Gasteiger partial charge in [0.1, 0.15) is 24.6 Å². The fourth-order valence-corrected chi connectivity index (χ4v) is 21.2. The molecule has 0 heterocycles. The molecule has 0 saturated carbocycles. The summed E-state index contributed by atoms with van der Waals surface area (Å²) in [6.45, 7) is 4.10. The van der Waals surface area contributed by atoms with Gasteiger partial charge in [-0.15, -0.1) is 0 Å². The van der Waals surface area contributed by atoms with Gasteiger partial charge in [-0.2, -0.15) is 9.79 Å². The Balaban J connectivity index is 0.000000298. The van der Waals surface area contributed by atoms with Crippen molar-refractivity contribution in [1.29, 1.82) is 0 Å². The van der Waals surface area contributed by atoms with Crippen LogP contribution in [0.4, 0.5) is 0 Å². The molecular formula is C66H66Au4P4S2+4. The summed E-state index contributed by atoms with van der Waals surface area (Å²) in [5.74, 6) is 0. The van der Waals surface area contributed by atoms with E-state index in [9.17, 15) is 0 Å². The van der Waals surface area contributed by atoms with E-state index in [-0.39, 0.29) is 89.5 Å². The smallest absolute Gasteiger partial charge is 0.780 e. The van der Waals surface area contributed by atoms with Crippen molar-refractivity contribution in [2.45, 2.75) is 23.6 Å². The number of rotatable bonds is 14. The molecule has 76 heavy (non-hydrogen) atoms. The molecule has 0 N–H and O–H groups in total. The van der Waals surface area contributed by atoms with E-state index in [0.717, 1.165) is 9.79 Å². The molecule has 0 atom stereocenters. The second kappa shape index (κ2) is 38.8. The Morgan fingerprint density at radius 2 is 0.355 bits per heavy atom. The number of benzene rings is 10. The quantitative estimate of drug-likeness (QED) is 0.0605. The van der Waals surface area contributed by atoms with E-state index in [4.69, 9.17) is 25.3 Å². The maximum absolute atomic E-state index is 4.87. The Morgan fingerprint density at radius 3 is 0.474 bits per heavy atom. The third kappa shape index (κ3) is 23.2. The largest absolute Gasteiger partial charge is 1.00 e. The fraction of sp³-hybridized carbons (Fsp3) is 0.0909. The standard InChI is InChI=1S/2C26H24P2.2C7H8S.4Au/c2*1-5-13-23(14-6-1)27(24-15-7-2-8-16-24)21-22-28(25-17-9-3-10-18-25)26-19-11-4-12-20-26;2*1-6-2-4-7(8)5-3-6;;;;/h2*1-20H,21-22H2;2*2-5,8H,1H3;;;;/q;;;;;;2*+1/p+2. The molecule has 10 rings (SSSR count). The summed E-state index contributed by atoms with van der Waals surface area (Å²) in [5, 5.41) is 12.1. The van der Waals surface area contributed by atoms with Gasteiger partial charge in [-0.25, -0.2) is 0 Å². The molecule has 10 aromatic rings. The zero-order chi connectivity index (χ0) is 50.0. The van der Waals surface area contributed by atoms with E-state index in [1.807, 2.05) is 48.5 Å². The molecule has 10 heteroatoms. The van der Waals surface area contributed by atoms with Crippen LogP contribution >= 0.6 is 31.7 Å². The molecule has 402 valence electrons. The summed E-state index contributed by atoms with van der Waals surface area (Å²) >= 11 is 9.74. The van der Waals surface area contributed by atoms with Gasteiger partial charge in [0.2, 0.25) is 0 Å². The van der Waals surface area contributed by atoms with Gasteiger partial charge in [-0.05, 0) is 111 Å². The van der Waals surface area contributed by atoms with Crippen molar-refractivity contribution < 1.29 is 89.5 Å². The zero-order valence-electron chi connectivity index (χ0n) is 42.6. The molecule has 0 nitrogen and oxygen atoms in total. The molecule has 0 aliphatic heterocycles. The number of aryl methyl sites for hydroxylation is 2. The minimum absolute atomic E-state index is 0. The van der Waals surface area contributed by atoms with Crippen molar-refractivity contribution >= 4 is 99.4 Å². The summed E-state index contributed by atoms with van der Waals surface area (Å²) in [7, 11) is -3.13. The Hall–Kier alpha value is -2.68. The van der Waals surface area contributed by atoms with Crippen LogP contribution in [-0.2, 0) is 115 Å². The van der Waals surface area contributed by atoms with Crippen LogP contribution in [0, 0.1) is 13.8 Å². The van der Waals surface area contributed by atoms with Crippen LogP contribution in [0.2, 0.25) is 0 Å². The molecule has 0 amide bonds. The second-order valence-electron chi connectivity index (χ2n) is 17.5. The minimum atomic E-state index is -0.783. The van der Waals surface area contributed by atoms with E-state index in [1.165, 1.54) is 78.2 Å². The van der Waals surface area contributed by atoms with Crippen molar-refractivity contribution in [1.82, 2.24) is 0 Å². The van der Waals surface area contributed by atoms with Gasteiger partial charge in [0.15, 0.2) is 0 Å². The molecule has 0 bridgehead atoms. The predicted molar refractivity (Wildman–Crippen MR) is 335 cm³/mol. The SMILES string of the molecule is Cc1ccc([S-])cc1.Cc1ccc([S-])cc1.[Au+].[Au+].[Au].[Au].c1ccc([PH+](CC[PH+](c2ccccc2)c2ccccc2)c2ccccc2)cc1.c1ccc([PH+](CC[PH+](c2ccccc2)c2ccccc2)c2ccccc2)cc1. The summed E-state index contributed by atoms with van der Waals surface area (Å²) < 4.78 is 0. The van der Waals surface area contributed by atoms with Crippen molar-refractivity contribution in [2.75, 3.05) is 24.6 Å². The van der Waals surface area contributed by atoms with Crippen LogP contribution in [-0.4, -0.2) is 24.6 Å². The van der Waals surface area contributed by atoms with Crippen molar-refractivity contribution in [3.05, 3.63) is 302 Å². The van der Waals surface area contributed by atoms with E-state index in [0.29, 0.717) is 0 Å². The molecular weight excluding hydrogens is 1770 g/mol. The number of hydrogen-bond acceptors (Lipinski definition) is 2. The first-order valence-electron chi connectivity index (χ1n) is 24.8. The fourth-order valence-electron chi connectivity index (χ4n) is 8.51. The van der Waals surface area contributed by atoms with E-state index in [1.54, 1.807) is 0 Å².